The Balaban J connectivity index is 2.09. The molecule has 0 saturated heterocycles. The van der Waals surface area contributed by atoms with Crippen molar-refractivity contribution < 1.29 is 14.3 Å². The van der Waals surface area contributed by atoms with Crippen molar-refractivity contribution in [1.82, 2.24) is 4.98 Å². The molecular formula is C13H16N2O4. The number of aliphatic carboxylic acids is 1. The van der Waals surface area contributed by atoms with Gasteiger partial charge in [-0.05, 0) is 23.6 Å². The van der Waals surface area contributed by atoms with Crippen LogP contribution in [0.15, 0.2) is 27.4 Å². The van der Waals surface area contributed by atoms with E-state index in [9.17, 15) is 9.59 Å². The first-order valence-electron chi connectivity index (χ1n) is 5.94. The Morgan fingerprint density at radius 2 is 2.21 bits per heavy atom. The van der Waals surface area contributed by atoms with Crippen LogP contribution < -0.4 is 11.1 Å². The lowest BCUT2D eigenvalue weighted by Gasteiger charge is -2.23. The number of anilines is 1. The quantitative estimate of drug-likeness (QED) is 0.768. The number of aromatic amines is 1. The summed E-state index contributed by atoms with van der Waals surface area (Å²) >= 11 is 0. The molecule has 6 heteroatoms. The van der Waals surface area contributed by atoms with Crippen molar-refractivity contribution in [3.63, 3.8) is 0 Å². The number of oxazole rings is 1. The van der Waals surface area contributed by atoms with Crippen LogP contribution in [-0.2, 0) is 4.79 Å². The number of fused-ring (bicyclic) bond motifs is 1. The Labute approximate surface area is 109 Å². The highest BCUT2D eigenvalue weighted by molar-refractivity contribution is 5.76. The number of hydrogen-bond donors (Lipinski definition) is 3. The van der Waals surface area contributed by atoms with Crippen molar-refractivity contribution in [3.8, 4) is 0 Å². The summed E-state index contributed by atoms with van der Waals surface area (Å²) in [6, 6.07) is 5.24. The molecule has 1 aromatic heterocycles. The van der Waals surface area contributed by atoms with Gasteiger partial charge in [-0.15, -0.1) is 0 Å². The minimum atomic E-state index is -0.818. The second kappa shape index (κ2) is 4.79. The van der Waals surface area contributed by atoms with Crippen molar-refractivity contribution in [2.75, 3.05) is 11.9 Å². The number of carbonyl (C=O) groups is 1. The van der Waals surface area contributed by atoms with E-state index in [1.165, 1.54) is 0 Å². The van der Waals surface area contributed by atoms with Gasteiger partial charge in [0, 0.05) is 12.2 Å². The first kappa shape index (κ1) is 13.2. The smallest absolute Gasteiger partial charge is 0.417 e. The van der Waals surface area contributed by atoms with Crippen molar-refractivity contribution in [3.05, 3.63) is 28.7 Å². The van der Waals surface area contributed by atoms with E-state index >= 15 is 0 Å². The van der Waals surface area contributed by atoms with Crippen LogP contribution in [0.2, 0.25) is 0 Å². The standard InChI is InChI=1S/C13H16N2O4/c1-13(2,6-11(16)17)7-14-8-3-4-10-9(5-8)15-12(18)19-10/h3-5,14H,6-7H2,1-2H3,(H,15,18)(H,16,17). The van der Waals surface area contributed by atoms with E-state index in [0.29, 0.717) is 17.6 Å². The van der Waals surface area contributed by atoms with Crippen molar-refractivity contribution in [2.45, 2.75) is 20.3 Å². The van der Waals surface area contributed by atoms with Crippen molar-refractivity contribution in [2.24, 2.45) is 5.41 Å². The van der Waals surface area contributed by atoms with E-state index in [-0.39, 0.29) is 11.8 Å². The first-order valence-corrected chi connectivity index (χ1v) is 5.94. The van der Waals surface area contributed by atoms with Crippen LogP contribution >= 0.6 is 0 Å². The zero-order valence-corrected chi connectivity index (χ0v) is 10.8. The molecule has 0 spiro atoms. The lowest BCUT2D eigenvalue weighted by molar-refractivity contribution is -0.139. The molecule has 0 amide bonds. The van der Waals surface area contributed by atoms with E-state index in [0.717, 1.165) is 5.69 Å². The van der Waals surface area contributed by atoms with Crippen LogP contribution in [-0.4, -0.2) is 22.6 Å². The van der Waals surface area contributed by atoms with Gasteiger partial charge in [0.05, 0.1) is 11.9 Å². The van der Waals surface area contributed by atoms with Gasteiger partial charge >= 0.3 is 11.7 Å². The Hall–Kier alpha value is -2.24. The number of aromatic nitrogens is 1. The molecule has 0 fully saturated rings. The van der Waals surface area contributed by atoms with Crippen LogP contribution in [0.4, 0.5) is 5.69 Å². The molecule has 2 aromatic rings. The van der Waals surface area contributed by atoms with Gasteiger partial charge in [-0.3, -0.25) is 9.78 Å². The van der Waals surface area contributed by atoms with Crippen LogP contribution in [0, 0.1) is 5.41 Å². The molecule has 0 aliphatic carbocycles. The number of carboxylic acid groups (broad SMARTS) is 1. The fourth-order valence-electron chi connectivity index (χ4n) is 1.88. The molecule has 6 nitrogen and oxygen atoms in total. The van der Waals surface area contributed by atoms with Crippen molar-refractivity contribution in [1.29, 1.82) is 0 Å². The fourth-order valence-corrected chi connectivity index (χ4v) is 1.88. The van der Waals surface area contributed by atoms with Crippen LogP contribution in [0.3, 0.4) is 0 Å². The monoisotopic (exact) mass is 264 g/mol. The predicted molar refractivity (Wildman–Crippen MR) is 71.4 cm³/mol. The topological polar surface area (TPSA) is 95.3 Å². The molecule has 1 aromatic carbocycles. The van der Waals surface area contributed by atoms with Gasteiger partial charge in [0.1, 0.15) is 0 Å². The van der Waals surface area contributed by atoms with Crippen LogP contribution in [0.1, 0.15) is 20.3 Å². The molecule has 1 heterocycles. The summed E-state index contributed by atoms with van der Waals surface area (Å²) in [4.78, 5) is 24.3. The van der Waals surface area contributed by atoms with Gasteiger partial charge in [0.15, 0.2) is 5.58 Å². The molecular weight excluding hydrogens is 248 g/mol. The highest BCUT2D eigenvalue weighted by Crippen LogP contribution is 2.22. The summed E-state index contributed by atoms with van der Waals surface area (Å²) in [7, 11) is 0. The van der Waals surface area contributed by atoms with Crippen molar-refractivity contribution >= 4 is 22.8 Å². The second-order valence-corrected chi connectivity index (χ2v) is 5.31. The third-order valence-corrected chi connectivity index (χ3v) is 2.82. The molecule has 0 radical (unpaired) electrons. The summed E-state index contributed by atoms with van der Waals surface area (Å²) in [5.74, 6) is -1.31. The second-order valence-electron chi connectivity index (χ2n) is 5.31. The zero-order valence-electron chi connectivity index (χ0n) is 10.8. The molecule has 0 aliphatic rings. The third kappa shape index (κ3) is 3.37. The highest BCUT2D eigenvalue weighted by Gasteiger charge is 2.21. The third-order valence-electron chi connectivity index (χ3n) is 2.82. The minimum absolute atomic E-state index is 0.0881. The number of carboxylic acids is 1. The summed E-state index contributed by atoms with van der Waals surface area (Å²) in [5, 5.41) is 12.0. The first-order chi connectivity index (χ1) is 8.85. The van der Waals surface area contributed by atoms with E-state index in [1.807, 2.05) is 13.8 Å². The van der Waals surface area contributed by atoms with Gasteiger partial charge in [0.25, 0.3) is 0 Å². The van der Waals surface area contributed by atoms with Gasteiger partial charge < -0.3 is 14.8 Å². The molecule has 0 aliphatic heterocycles. The Kier molecular flexibility index (Phi) is 3.33. The Morgan fingerprint density at radius 3 is 2.89 bits per heavy atom. The average molecular weight is 264 g/mol. The molecule has 0 bridgehead atoms. The summed E-state index contributed by atoms with van der Waals surface area (Å²) in [6.45, 7) is 4.28. The number of benzene rings is 1. The zero-order chi connectivity index (χ0) is 14.0. The number of rotatable bonds is 5. The van der Waals surface area contributed by atoms with E-state index in [2.05, 4.69) is 10.3 Å². The van der Waals surface area contributed by atoms with Gasteiger partial charge in [-0.2, -0.15) is 0 Å². The van der Waals surface area contributed by atoms with E-state index < -0.39 is 11.7 Å². The number of hydrogen-bond acceptors (Lipinski definition) is 4. The molecule has 102 valence electrons. The molecule has 3 N–H and O–H groups in total. The van der Waals surface area contributed by atoms with E-state index in [4.69, 9.17) is 9.52 Å². The summed E-state index contributed by atoms with van der Waals surface area (Å²) < 4.78 is 4.90. The van der Waals surface area contributed by atoms with Gasteiger partial charge in [-0.1, -0.05) is 13.8 Å². The molecule has 2 rings (SSSR count). The maximum absolute atomic E-state index is 11.0. The lowest BCUT2D eigenvalue weighted by atomic mass is 9.89. The molecule has 19 heavy (non-hydrogen) atoms. The fraction of sp³-hybridized carbons (Fsp3) is 0.385. The van der Waals surface area contributed by atoms with Gasteiger partial charge in [-0.25, -0.2) is 4.79 Å². The normalized spacial score (nSPS) is 11.7. The molecule has 0 unspecified atom stereocenters. The predicted octanol–water partition coefficient (Wildman–Crippen LogP) is 2.03. The van der Waals surface area contributed by atoms with Crippen LogP contribution in [0.25, 0.3) is 11.1 Å². The van der Waals surface area contributed by atoms with Crippen LogP contribution in [0.5, 0.6) is 0 Å². The SMILES string of the molecule is CC(C)(CNc1ccc2oc(=O)[nH]c2c1)CC(=O)O. The maximum Gasteiger partial charge on any atom is 0.417 e. The minimum Gasteiger partial charge on any atom is -0.481 e. The van der Waals surface area contributed by atoms with Gasteiger partial charge in [0.2, 0.25) is 0 Å². The lowest BCUT2D eigenvalue weighted by Crippen LogP contribution is -2.26. The molecule has 0 saturated carbocycles. The highest BCUT2D eigenvalue weighted by atomic mass is 16.4. The Bertz CT molecular complexity index is 654. The summed E-state index contributed by atoms with van der Waals surface area (Å²) in [6.07, 6.45) is 0.0881. The maximum atomic E-state index is 11.0. The number of nitrogens with one attached hydrogen (secondary N) is 2. The average Bonchev–Trinajstić information content (AvgIpc) is 2.64. The summed E-state index contributed by atoms with van der Waals surface area (Å²) in [5.41, 5.74) is 1.57. The number of H-pyrrole nitrogens is 1. The largest absolute Gasteiger partial charge is 0.481 e. The Morgan fingerprint density at radius 1 is 1.47 bits per heavy atom. The van der Waals surface area contributed by atoms with E-state index in [1.54, 1.807) is 18.2 Å². The molecule has 0 atom stereocenters.